The van der Waals surface area contributed by atoms with Gasteiger partial charge < -0.3 is 15.4 Å². The van der Waals surface area contributed by atoms with Gasteiger partial charge in [0.2, 0.25) is 11.8 Å². The fourth-order valence-electron chi connectivity index (χ4n) is 3.07. The average Bonchev–Trinajstić information content (AvgIpc) is 2.99. The number of hydrogen-bond donors (Lipinski definition) is 2. The van der Waals surface area contributed by atoms with Crippen molar-refractivity contribution in [3.63, 3.8) is 0 Å². The highest BCUT2D eigenvalue weighted by molar-refractivity contribution is 5.90. The van der Waals surface area contributed by atoms with E-state index in [9.17, 15) is 23.2 Å². The monoisotopic (exact) mass is 362 g/mol. The van der Waals surface area contributed by atoms with Crippen LogP contribution in [0.4, 0.5) is 13.6 Å². The standard InChI is InChI=1S/C15H24F2N4O4/c1-14(2,3)25-13(24)19-21-6-4-5-9(21)12(23)20-8-15(16,17)7-10(20)11(18)22/h9-10H,4-8H2,1-3H3,(H2,18,22)(H,19,24)/t9-,10-/m0/s1. The van der Waals surface area contributed by atoms with E-state index in [0.29, 0.717) is 19.4 Å². The van der Waals surface area contributed by atoms with Crippen LogP contribution in [0.2, 0.25) is 0 Å². The molecule has 3 N–H and O–H groups in total. The molecular formula is C15H24F2N4O4. The highest BCUT2D eigenvalue weighted by Crippen LogP contribution is 2.33. The number of primary amides is 1. The molecule has 10 heteroatoms. The third-order valence-corrected chi connectivity index (χ3v) is 4.05. The van der Waals surface area contributed by atoms with Crippen molar-refractivity contribution >= 4 is 17.9 Å². The van der Waals surface area contributed by atoms with Gasteiger partial charge in [-0.05, 0) is 33.6 Å². The van der Waals surface area contributed by atoms with Crippen molar-refractivity contribution in [1.29, 1.82) is 0 Å². The van der Waals surface area contributed by atoms with E-state index in [-0.39, 0.29) is 0 Å². The number of alkyl halides is 2. The molecule has 2 saturated heterocycles. The number of likely N-dealkylation sites (tertiary alicyclic amines) is 1. The van der Waals surface area contributed by atoms with E-state index in [1.165, 1.54) is 5.01 Å². The third kappa shape index (κ3) is 4.77. The smallest absolute Gasteiger partial charge is 0.422 e. The van der Waals surface area contributed by atoms with Gasteiger partial charge in [0.15, 0.2) is 0 Å². The van der Waals surface area contributed by atoms with E-state index in [0.717, 1.165) is 4.90 Å². The molecule has 142 valence electrons. The van der Waals surface area contributed by atoms with Gasteiger partial charge in [-0.2, -0.15) is 0 Å². The lowest BCUT2D eigenvalue weighted by molar-refractivity contribution is -0.142. The minimum atomic E-state index is -3.16. The van der Waals surface area contributed by atoms with Crippen LogP contribution in [0.5, 0.6) is 0 Å². The van der Waals surface area contributed by atoms with Crippen molar-refractivity contribution < 1.29 is 27.9 Å². The molecule has 0 aliphatic carbocycles. The number of hydrogen-bond acceptors (Lipinski definition) is 5. The zero-order valence-electron chi connectivity index (χ0n) is 14.6. The van der Waals surface area contributed by atoms with E-state index >= 15 is 0 Å². The summed E-state index contributed by atoms with van der Waals surface area (Å²) in [7, 11) is 0. The summed E-state index contributed by atoms with van der Waals surface area (Å²) in [5, 5.41) is 1.37. The molecule has 3 amide bonds. The molecule has 2 heterocycles. The maximum absolute atomic E-state index is 13.6. The summed E-state index contributed by atoms with van der Waals surface area (Å²) in [6, 6.07) is -2.17. The van der Waals surface area contributed by atoms with Crippen LogP contribution < -0.4 is 11.2 Å². The molecule has 2 aliphatic rings. The lowest BCUT2D eigenvalue weighted by atomic mass is 10.1. The number of ether oxygens (including phenoxy) is 1. The van der Waals surface area contributed by atoms with E-state index in [2.05, 4.69) is 5.43 Å². The second-order valence-electron chi connectivity index (χ2n) is 7.41. The van der Waals surface area contributed by atoms with Gasteiger partial charge >= 0.3 is 6.09 Å². The van der Waals surface area contributed by atoms with E-state index < -0.39 is 54.5 Å². The molecule has 2 aliphatic heterocycles. The summed E-state index contributed by atoms with van der Waals surface area (Å²) < 4.78 is 32.4. The zero-order valence-corrected chi connectivity index (χ0v) is 14.6. The second-order valence-corrected chi connectivity index (χ2v) is 7.41. The van der Waals surface area contributed by atoms with E-state index in [1.54, 1.807) is 20.8 Å². The molecule has 2 rings (SSSR count). The van der Waals surface area contributed by atoms with Gasteiger partial charge in [-0.3, -0.25) is 15.0 Å². The molecule has 0 spiro atoms. The Kier molecular flexibility index (Phi) is 5.22. The SMILES string of the molecule is CC(C)(C)OC(=O)NN1CCC[C@H]1C(=O)N1CC(F)(F)C[C@H]1C(N)=O. The van der Waals surface area contributed by atoms with Crippen LogP contribution in [-0.4, -0.2) is 64.5 Å². The Morgan fingerprint density at radius 3 is 2.44 bits per heavy atom. The van der Waals surface area contributed by atoms with Crippen LogP contribution in [-0.2, 0) is 14.3 Å². The zero-order chi connectivity index (χ0) is 19.0. The summed E-state index contributed by atoms with van der Waals surface area (Å²) in [4.78, 5) is 36.8. The van der Waals surface area contributed by atoms with Crippen molar-refractivity contribution in [2.45, 2.75) is 63.6 Å². The Morgan fingerprint density at radius 1 is 1.24 bits per heavy atom. The van der Waals surface area contributed by atoms with Gasteiger partial charge in [0.25, 0.3) is 5.92 Å². The Bertz CT molecular complexity index is 564. The number of amides is 3. The minimum absolute atomic E-state index is 0.376. The van der Waals surface area contributed by atoms with Gasteiger partial charge in [-0.25, -0.2) is 18.6 Å². The number of rotatable bonds is 3. The highest BCUT2D eigenvalue weighted by atomic mass is 19.3. The summed E-state index contributed by atoms with van der Waals surface area (Å²) >= 11 is 0. The lowest BCUT2D eigenvalue weighted by Crippen LogP contribution is -2.55. The Hall–Kier alpha value is -1.97. The van der Waals surface area contributed by atoms with Gasteiger partial charge in [0.1, 0.15) is 17.7 Å². The van der Waals surface area contributed by atoms with Crippen molar-refractivity contribution in [2.24, 2.45) is 5.73 Å². The Morgan fingerprint density at radius 2 is 1.88 bits per heavy atom. The predicted octanol–water partition coefficient (Wildman–Crippen LogP) is 0.612. The number of nitrogens with zero attached hydrogens (tertiary/aromatic N) is 2. The van der Waals surface area contributed by atoms with Crippen LogP contribution in [0.1, 0.15) is 40.0 Å². The van der Waals surface area contributed by atoms with Crippen LogP contribution in [0, 0.1) is 0 Å². The summed E-state index contributed by atoms with van der Waals surface area (Å²) in [5.41, 5.74) is 6.93. The molecule has 0 radical (unpaired) electrons. The molecular weight excluding hydrogens is 338 g/mol. The molecule has 0 bridgehead atoms. The van der Waals surface area contributed by atoms with Crippen molar-refractivity contribution in [3.8, 4) is 0 Å². The first-order chi connectivity index (χ1) is 11.4. The highest BCUT2D eigenvalue weighted by Gasteiger charge is 2.51. The normalized spacial score (nSPS) is 26.5. The lowest BCUT2D eigenvalue weighted by Gasteiger charge is -2.30. The molecule has 0 aromatic rings. The van der Waals surface area contributed by atoms with Crippen molar-refractivity contribution in [2.75, 3.05) is 13.1 Å². The van der Waals surface area contributed by atoms with E-state index in [1.807, 2.05) is 0 Å². The average molecular weight is 362 g/mol. The van der Waals surface area contributed by atoms with Crippen molar-refractivity contribution in [3.05, 3.63) is 0 Å². The van der Waals surface area contributed by atoms with Crippen LogP contribution in [0.15, 0.2) is 0 Å². The van der Waals surface area contributed by atoms with Gasteiger partial charge in [0, 0.05) is 13.0 Å². The number of halogens is 2. The number of nitrogens with one attached hydrogen (secondary N) is 1. The minimum Gasteiger partial charge on any atom is -0.443 e. The maximum Gasteiger partial charge on any atom is 0.422 e. The van der Waals surface area contributed by atoms with Crippen LogP contribution in [0.25, 0.3) is 0 Å². The third-order valence-electron chi connectivity index (χ3n) is 4.05. The molecule has 0 aromatic heterocycles. The van der Waals surface area contributed by atoms with Crippen molar-refractivity contribution in [1.82, 2.24) is 15.3 Å². The fourth-order valence-corrected chi connectivity index (χ4v) is 3.07. The molecule has 0 saturated carbocycles. The largest absolute Gasteiger partial charge is 0.443 e. The molecule has 0 aromatic carbocycles. The molecule has 8 nitrogen and oxygen atoms in total. The molecule has 0 unspecified atom stereocenters. The summed E-state index contributed by atoms with van der Waals surface area (Å²) in [5.74, 6) is -4.76. The second kappa shape index (κ2) is 6.74. The molecule has 25 heavy (non-hydrogen) atoms. The Labute approximate surface area is 144 Å². The predicted molar refractivity (Wildman–Crippen MR) is 83.4 cm³/mol. The van der Waals surface area contributed by atoms with Gasteiger partial charge in [-0.15, -0.1) is 0 Å². The first kappa shape index (κ1) is 19.4. The van der Waals surface area contributed by atoms with E-state index in [4.69, 9.17) is 10.5 Å². The first-order valence-corrected chi connectivity index (χ1v) is 8.13. The number of carbonyl (C=O) groups is 3. The topological polar surface area (TPSA) is 105 Å². The first-order valence-electron chi connectivity index (χ1n) is 8.13. The Balaban J connectivity index is 2.07. The van der Waals surface area contributed by atoms with Gasteiger partial charge in [-0.1, -0.05) is 0 Å². The molecule has 2 fully saturated rings. The van der Waals surface area contributed by atoms with Crippen LogP contribution >= 0.6 is 0 Å². The van der Waals surface area contributed by atoms with Crippen LogP contribution in [0.3, 0.4) is 0 Å². The summed E-state index contributed by atoms with van der Waals surface area (Å²) in [6.45, 7) is 4.62. The number of nitrogens with two attached hydrogens (primary N) is 1. The number of carbonyl (C=O) groups excluding carboxylic acids is 3. The van der Waals surface area contributed by atoms with Gasteiger partial charge in [0.05, 0.1) is 6.54 Å². The summed E-state index contributed by atoms with van der Waals surface area (Å²) in [6.07, 6.45) is -0.537. The maximum atomic E-state index is 13.6. The molecule has 2 atom stereocenters. The number of hydrazine groups is 1. The quantitative estimate of drug-likeness (QED) is 0.765. The fraction of sp³-hybridized carbons (Fsp3) is 0.800.